The van der Waals surface area contributed by atoms with Crippen molar-refractivity contribution in [3.8, 4) is 0 Å². The molecule has 1 atom stereocenters. The minimum absolute atomic E-state index is 0.169. The molecule has 3 nitrogen and oxygen atoms in total. The summed E-state index contributed by atoms with van der Waals surface area (Å²) in [6.07, 6.45) is 9.00. The Bertz CT molecular complexity index is 407. The van der Waals surface area contributed by atoms with Crippen molar-refractivity contribution in [2.24, 2.45) is 5.73 Å². The Balaban J connectivity index is 1.97. The Hall–Kier alpha value is -0.350. The first-order valence-electron chi connectivity index (χ1n) is 6.79. The maximum atomic E-state index is 6.20. The summed E-state index contributed by atoms with van der Waals surface area (Å²) in [7, 11) is 0. The van der Waals surface area contributed by atoms with Crippen LogP contribution in [0.3, 0.4) is 0 Å². The van der Waals surface area contributed by atoms with Crippen LogP contribution in [0.1, 0.15) is 68.4 Å². The van der Waals surface area contributed by atoms with Gasteiger partial charge in [-0.05, 0) is 41.6 Å². The number of hydrogen-bond acceptors (Lipinski definition) is 2. The molecule has 2 N–H and O–H groups in total. The van der Waals surface area contributed by atoms with Gasteiger partial charge in [-0.25, -0.2) is 4.98 Å². The third kappa shape index (κ3) is 2.06. The molecule has 0 radical (unpaired) electrons. The summed E-state index contributed by atoms with van der Waals surface area (Å²) in [6.45, 7) is 1.10. The molecule has 1 saturated carbocycles. The predicted octanol–water partition coefficient (Wildman–Crippen LogP) is 3.49. The first kappa shape index (κ1) is 11.7. The number of nitrogens with zero attached hydrogens (tertiary/aromatic N) is 2. The van der Waals surface area contributed by atoms with Gasteiger partial charge >= 0.3 is 0 Å². The summed E-state index contributed by atoms with van der Waals surface area (Å²) in [6, 6.07) is 0.169. The molecule has 0 saturated heterocycles. The molecule has 3 rings (SSSR count). The average Bonchev–Trinajstić information content (AvgIpc) is 2.69. The lowest BCUT2D eigenvalue weighted by Crippen LogP contribution is -2.24. The van der Waals surface area contributed by atoms with E-state index in [-0.39, 0.29) is 6.04 Å². The summed E-state index contributed by atoms with van der Waals surface area (Å²) >= 11 is 3.60. The van der Waals surface area contributed by atoms with Crippen LogP contribution in [0.4, 0.5) is 0 Å². The summed E-state index contributed by atoms with van der Waals surface area (Å²) in [5, 5.41) is 0. The van der Waals surface area contributed by atoms with Crippen LogP contribution in [0.15, 0.2) is 4.60 Å². The van der Waals surface area contributed by atoms with Crippen molar-refractivity contribution in [2.75, 3.05) is 0 Å². The summed E-state index contributed by atoms with van der Waals surface area (Å²) in [4.78, 5) is 4.77. The number of aromatic nitrogens is 2. The minimum atomic E-state index is 0.169. The van der Waals surface area contributed by atoms with E-state index in [9.17, 15) is 0 Å². The van der Waals surface area contributed by atoms with Crippen molar-refractivity contribution < 1.29 is 0 Å². The van der Waals surface area contributed by atoms with E-state index in [2.05, 4.69) is 20.5 Å². The number of fused-ring (bicyclic) bond motifs is 1. The lowest BCUT2D eigenvalue weighted by atomic mass is 9.88. The molecule has 94 valence electrons. The number of hydrogen-bond donors (Lipinski definition) is 1. The van der Waals surface area contributed by atoms with Crippen LogP contribution >= 0.6 is 15.9 Å². The molecule has 17 heavy (non-hydrogen) atoms. The molecule has 0 bridgehead atoms. The molecule has 0 aromatic carbocycles. The van der Waals surface area contributed by atoms with E-state index < -0.39 is 0 Å². The summed E-state index contributed by atoms with van der Waals surface area (Å²) in [5.41, 5.74) is 7.43. The molecule has 2 aliphatic rings. The Kier molecular flexibility index (Phi) is 3.26. The van der Waals surface area contributed by atoms with Gasteiger partial charge in [-0.1, -0.05) is 19.3 Å². The van der Waals surface area contributed by atoms with Crippen LogP contribution < -0.4 is 5.73 Å². The monoisotopic (exact) mass is 297 g/mol. The van der Waals surface area contributed by atoms with Gasteiger partial charge in [-0.2, -0.15) is 0 Å². The highest BCUT2D eigenvalue weighted by atomic mass is 79.9. The van der Waals surface area contributed by atoms with Gasteiger partial charge in [0.2, 0.25) is 0 Å². The van der Waals surface area contributed by atoms with E-state index >= 15 is 0 Å². The zero-order chi connectivity index (χ0) is 11.8. The highest BCUT2D eigenvalue weighted by molar-refractivity contribution is 9.10. The van der Waals surface area contributed by atoms with Gasteiger partial charge in [0.15, 0.2) is 0 Å². The van der Waals surface area contributed by atoms with Crippen molar-refractivity contribution in [1.29, 1.82) is 0 Å². The Labute approximate surface area is 111 Å². The molecular weight excluding hydrogens is 278 g/mol. The van der Waals surface area contributed by atoms with Gasteiger partial charge in [0.1, 0.15) is 10.4 Å². The smallest absolute Gasteiger partial charge is 0.129 e. The standard InChI is InChI=1S/C13H20BrN3/c14-12-11-10(15)7-4-8-17(11)13(16-12)9-5-2-1-3-6-9/h9-10H,1-8,15H2. The molecular formula is C13H20BrN3. The summed E-state index contributed by atoms with van der Waals surface area (Å²) in [5.74, 6) is 1.96. The zero-order valence-corrected chi connectivity index (χ0v) is 11.7. The van der Waals surface area contributed by atoms with Gasteiger partial charge in [0.25, 0.3) is 0 Å². The van der Waals surface area contributed by atoms with E-state index in [0.29, 0.717) is 5.92 Å². The van der Waals surface area contributed by atoms with E-state index in [4.69, 9.17) is 10.7 Å². The van der Waals surface area contributed by atoms with Crippen molar-refractivity contribution in [3.05, 3.63) is 16.1 Å². The van der Waals surface area contributed by atoms with Crippen molar-refractivity contribution in [1.82, 2.24) is 9.55 Å². The van der Waals surface area contributed by atoms with Crippen LogP contribution in [0, 0.1) is 0 Å². The van der Waals surface area contributed by atoms with Crippen LogP contribution in [-0.4, -0.2) is 9.55 Å². The first-order chi connectivity index (χ1) is 8.27. The van der Waals surface area contributed by atoms with E-state index in [1.807, 2.05) is 0 Å². The van der Waals surface area contributed by atoms with Crippen LogP contribution in [0.25, 0.3) is 0 Å². The third-order valence-electron chi connectivity index (χ3n) is 4.21. The topological polar surface area (TPSA) is 43.8 Å². The number of nitrogens with two attached hydrogens (primary N) is 1. The quantitative estimate of drug-likeness (QED) is 0.862. The molecule has 2 heterocycles. The second-order valence-electron chi connectivity index (χ2n) is 5.38. The highest BCUT2D eigenvalue weighted by Crippen LogP contribution is 2.37. The van der Waals surface area contributed by atoms with Gasteiger partial charge in [-0.15, -0.1) is 0 Å². The fourth-order valence-electron chi connectivity index (χ4n) is 3.32. The van der Waals surface area contributed by atoms with E-state index in [0.717, 1.165) is 17.6 Å². The minimum Gasteiger partial charge on any atom is -0.329 e. The van der Waals surface area contributed by atoms with Gasteiger partial charge in [-0.3, -0.25) is 0 Å². The maximum absolute atomic E-state index is 6.20. The Morgan fingerprint density at radius 3 is 2.65 bits per heavy atom. The average molecular weight is 298 g/mol. The largest absolute Gasteiger partial charge is 0.329 e. The van der Waals surface area contributed by atoms with Gasteiger partial charge in [0, 0.05) is 18.5 Å². The summed E-state index contributed by atoms with van der Waals surface area (Å²) < 4.78 is 3.39. The molecule has 1 fully saturated rings. The second kappa shape index (κ2) is 4.73. The molecule has 1 aromatic heterocycles. The SMILES string of the molecule is NC1CCCn2c(C3CCCCC3)nc(Br)c21. The Morgan fingerprint density at radius 2 is 1.88 bits per heavy atom. The molecule has 1 unspecified atom stereocenters. The zero-order valence-electron chi connectivity index (χ0n) is 10.2. The lowest BCUT2D eigenvalue weighted by Gasteiger charge is -2.26. The van der Waals surface area contributed by atoms with Gasteiger partial charge < -0.3 is 10.3 Å². The van der Waals surface area contributed by atoms with Crippen LogP contribution in [0.2, 0.25) is 0 Å². The normalized spacial score (nSPS) is 25.9. The molecule has 1 aliphatic heterocycles. The Morgan fingerprint density at radius 1 is 1.12 bits per heavy atom. The molecule has 0 spiro atoms. The number of rotatable bonds is 1. The third-order valence-corrected chi connectivity index (χ3v) is 4.79. The number of imidazole rings is 1. The van der Waals surface area contributed by atoms with E-state index in [1.165, 1.54) is 50.0 Å². The van der Waals surface area contributed by atoms with Gasteiger partial charge in [0.05, 0.1) is 5.69 Å². The second-order valence-corrected chi connectivity index (χ2v) is 6.13. The van der Waals surface area contributed by atoms with Crippen molar-refractivity contribution in [3.63, 3.8) is 0 Å². The number of halogens is 1. The molecule has 4 heteroatoms. The first-order valence-corrected chi connectivity index (χ1v) is 7.58. The van der Waals surface area contributed by atoms with Crippen LogP contribution in [-0.2, 0) is 6.54 Å². The maximum Gasteiger partial charge on any atom is 0.129 e. The fraction of sp³-hybridized carbons (Fsp3) is 0.769. The van der Waals surface area contributed by atoms with Crippen LogP contribution in [0.5, 0.6) is 0 Å². The predicted molar refractivity (Wildman–Crippen MR) is 71.9 cm³/mol. The molecule has 1 aliphatic carbocycles. The fourth-order valence-corrected chi connectivity index (χ4v) is 4.01. The highest BCUT2D eigenvalue weighted by Gasteiger charge is 2.28. The lowest BCUT2D eigenvalue weighted by molar-refractivity contribution is 0.391. The van der Waals surface area contributed by atoms with Crippen molar-refractivity contribution in [2.45, 2.75) is 63.5 Å². The molecule has 1 aromatic rings. The molecule has 0 amide bonds. The van der Waals surface area contributed by atoms with Crippen molar-refractivity contribution >= 4 is 15.9 Å². The van der Waals surface area contributed by atoms with E-state index in [1.54, 1.807) is 0 Å².